The van der Waals surface area contributed by atoms with Crippen molar-refractivity contribution in [3.63, 3.8) is 0 Å². The minimum Gasteiger partial charge on any atom is -0.497 e. The maximum absolute atomic E-state index is 5.36. The second-order valence-corrected chi connectivity index (χ2v) is 18.0. The Labute approximate surface area is 386 Å². The number of aryl methyl sites for hydroxylation is 1. The third-order valence-corrected chi connectivity index (χ3v) is 9.58. The first-order chi connectivity index (χ1) is 30.5. The van der Waals surface area contributed by atoms with Crippen molar-refractivity contribution in [1.82, 2.24) is 24.9 Å². The van der Waals surface area contributed by atoms with E-state index in [0.717, 1.165) is 83.3 Å². The Morgan fingerprint density at radius 3 is 1.59 bits per heavy atom. The highest BCUT2D eigenvalue weighted by Crippen LogP contribution is 2.30. The van der Waals surface area contributed by atoms with Crippen molar-refractivity contribution in [2.75, 3.05) is 28.4 Å². The van der Waals surface area contributed by atoms with Gasteiger partial charge in [0.2, 0.25) is 0 Å². The molecule has 0 aliphatic rings. The lowest BCUT2D eigenvalue weighted by Gasteiger charge is -2.13. The third-order valence-electron chi connectivity index (χ3n) is 9.58. The van der Waals surface area contributed by atoms with E-state index in [-0.39, 0.29) is 0 Å². The average Bonchev–Trinajstić information content (AvgIpc) is 3.25. The van der Waals surface area contributed by atoms with Gasteiger partial charge in [-0.05, 0) is 106 Å². The molecule has 0 atom stereocenters. The van der Waals surface area contributed by atoms with E-state index in [1.807, 2.05) is 61.8 Å². The van der Waals surface area contributed by atoms with E-state index in [9.17, 15) is 0 Å². The zero-order valence-electron chi connectivity index (χ0n) is 42.0. The van der Waals surface area contributed by atoms with Crippen LogP contribution in [0, 0.1) is 43.4 Å². The molecule has 9 heteroatoms. The van der Waals surface area contributed by atoms with E-state index >= 15 is 0 Å². The number of pyridine rings is 5. The summed E-state index contributed by atoms with van der Waals surface area (Å²) in [4.78, 5) is 21.8. The SMILES string of the molecule is CC(C)Cc1ccc2ccccc2n1.CC(C)Cc1ccccn1.COc1c(C)cnc(CC(C)C)c1C.COc1ccnc(CC(C)C)c1.COc1ccnc(CC(C)C)c1OC. The second-order valence-electron chi connectivity index (χ2n) is 18.0. The third kappa shape index (κ3) is 20.7. The lowest BCUT2D eigenvalue weighted by Crippen LogP contribution is -2.03. The van der Waals surface area contributed by atoms with Crippen LogP contribution in [-0.4, -0.2) is 53.4 Å². The van der Waals surface area contributed by atoms with Gasteiger partial charge in [0.25, 0.3) is 0 Å². The molecule has 0 amide bonds. The fraction of sp³-hybridized carbons (Fsp3) is 0.473. The normalized spacial score (nSPS) is 10.6. The van der Waals surface area contributed by atoms with Crippen LogP contribution < -0.4 is 18.9 Å². The highest BCUT2D eigenvalue weighted by atomic mass is 16.5. The van der Waals surface area contributed by atoms with Crippen molar-refractivity contribution in [2.45, 2.75) is 115 Å². The summed E-state index contributed by atoms with van der Waals surface area (Å²) in [6, 6.07) is 24.2. The molecule has 348 valence electrons. The van der Waals surface area contributed by atoms with Crippen LogP contribution in [0.3, 0.4) is 0 Å². The lowest BCUT2D eigenvalue weighted by molar-refractivity contribution is 0.347. The molecule has 0 aliphatic carbocycles. The zero-order valence-corrected chi connectivity index (χ0v) is 42.0. The number of nitrogens with zero attached hydrogens (tertiary/aromatic N) is 5. The molecule has 0 fully saturated rings. The van der Waals surface area contributed by atoms with Gasteiger partial charge in [-0.1, -0.05) is 99.6 Å². The number of hydrogen-bond donors (Lipinski definition) is 0. The molecule has 0 spiro atoms. The number of hydrogen-bond acceptors (Lipinski definition) is 9. The Balaban J connectivity index is 0.000000276. The highest BCUT2D eigenvalue weighted by Gasteiger charge is 2.12. The molecule has 64 heavy (non-hydrogen) atoms. The number of ether oxygens (including phenoxy) is 4. The number of benzene rings is 1. The number of fused-ring (bicyclic) bond motifs is 1. The first-order valence-corrected chi connectivity index (χ1v) is 22.8. The fourth-order valence-electron chi connectivity index (χ4n) is 6.74. The van der Waals surface area contributed by atoms with Gasteiger partial charge in [-0.25, -0.2) is 0 Å². The Kier molecular flexibility index (Phi) is 25.3. The number of para-hydroxylation sites is 1. The summed E-state index contributed by atoms with van der Waals surface area (Å²) in [5.41, 5.74) is 8.99. The topological polar surface area (TPSA) is 101 Å². The van der Waals surface area contributed by atoms with Crippen molar-refractivity contribution < 1.29 is 18.9 Å². The molecular weight excluding hydrogens is 795 g/mol. The predicted octanol–water partition coefficient (Wildman–Crippen LogP) is 13.2. The first kappa shape index (κ1) is 54.6. The van der Waals surface area contributed by atoms with Gasteiger partial charge in [-0.2, -0.15) is 0 Å². The largest absolute Gasteiger partial charge is 0.497 e. The molecule has 0 N–H and O–H groups in total. The van der Waals surface area contributed by atoms with Crippen LogP contribution in [0.4, 0.5) is 0 Å². The molecule has 0 bridgehead atoms. The number of aromatic nitrogens is 5. The number of methoxy groups -OCH3 is 4. The summed E-state index contributed by atoms with van der Waals surface area (Å²) < 4.78 is 20.9. The molecule has 5 heterocycles. The van der Waals surface area contributed by atoms with E-state index in [1.165, 1.54) is 22.3 Å². The first-order valence-electron chi connectivity index (χ1n) is 22.8. The Morgan fingerprint density at radius 1 is 0.453 bits per heavy atom. The van der Waals surface area contributed by atoms with E-state index in [4.69, 9.17) is 18.9 Å². The van der Waals surface area contributed by atoms with Crippen LogP contribution in [0.25, 0.3) is 10.9 Å². The van der Waals surface area contributed by atoms with Crippen molar-refractivity contribution in [3.05, 3.63) is 137 Å². The van der Waals surface area contributed by atoms with Gasteiger partial charge in [-0.15, -0.1) is 0 Å². The quantitative estimate of drug-likeness (QED) is 0.106. The standard InChI is InChI=1S/C13H15N.C12H19NO.C11H17NO2.C10H15NO.C9H13N/c1-10(2)9-12-8-7-11-5-3-4-6-13(11)14-12;1-8(2)6-11-10(4)12(14-5)9(3)7-13-11;1-8(2)7-9-11(14-4)10(13-3)5-6-12-9;1-8(2)6-9-7-10(12-3)4-5-11-9;1-8(2)7-9-5-3-4-6-10-9/h3-8,10H,9H2,1-2H3;7-8H,6H2,1-5H3;5-6,8H,7H2,1-4H3;4-5,7-8H,6H2,1-3H3;3-6,8H,7H2,1-2H3. The van der Waals surface area contributed by atoms with E-state index < -0.39 is 0 Å². The van der Waals surface area contributed by atoms with E-state index in [0.29, 0.717) is 29.6 Å². The van der Waals surface area contributed by atoms with Crippen LogP contribution in [0.2, 0.25) is 0 Å². The van der Waals surface area contributed by atoms with Crippen molar-refractivity contribution in [2.24, 2.45) is 29.6 Å². The molecule has 9 nitrogen and oxygen atoms in total. The van der Waals surface area contributed by atoms with Gasteiger partial charge >= 0.3 is 0 Å². The van der Waals surface area contributed by atoms with Crippen molar-refractivity contribution in [1.29, 1.82) is 0 Å². The van der Waals surface area contributed by atoms with E-state index in [2.05, 4.69) is 131 Å². The maximum Gasteiger partial charge on any atom is 0.182 e. The molecule has 6 rings (SSSR count). The Bertz CT molecular complexity index is 2190. The monoisotopic (exact) mass is 874 g/mol. The van der Waals surface area contributed by atoms with E-state index in [1.54, 1.807) is 40.8 Å². The Morgan fingerprint density at radius 2 is 1.02 bits per heavy atom. The van der Waals surface area contributed by atoms with Crippen LogP contribution in [0.1, 0.15) is 109 Å². The average molecular weight is 874 g/mol. The van der Waals surface area contributed by atoms with Crippen LogP contribution in [-0.2, 0) is 32.1 Å². The number of rotatable bonds is 14. The van der Waals surface area contributed by atoms with Crippen molar-refractivity contribution >= 4 is 10.9 Å². The summed E-state index contributed by atoms with van der Waals surface area (Å²) in [7, 11) is 6.67. The highest BCUT2D eigenvalue weighted by molar-refractivity contribution is 5.78. The smallest absolute Gasteiger partial charge is 0.182 e. The van der Waals surface area contributed by atoms with Gasteiger partial charge < -0.3 is 18.9 Å². The van der Waals surface area contributed by atoms with Gasteiger partial charge in [-0.3, -0.25) is 24.9 Å². The molecule has 5 aromatic heterocycles. The summed E-state index contributed by atoms with van der Waals surface area (Å²) in [6.07, 6.45) is 12.3. The van der Waals surface area contributed by atoms with Gasteiger partial charge in [0.15, 0.2) is 11.5 Å². The van der Waals surface area contributed by atoms with Crippen LogP contribution in [0.15, 0.2) is 97.6 Å². The summed E-state index contributed by atoms with van der Waals surface area (Å²) >= 11 is 0. The summed E-state index contributed by atoms with van der Waals surface area (Å²) in [5, 5.41) is 1.22. The predicted molar refractivity (Wildman–Crippen MR) is 267 cm³/mol. The Hall–Kier alpha value is -5.57. The molecule has 1 aromatic carbocycles. The lowest BCUT2D eigenvalue weighted by atomic mass is 10.0. The molecule has 0 saturated carbocycles. The molecular formula is C55H79N5O4. The summed E-state index contributed by atoms with van der Waals surface area (Å²) in [5.74, 6) is 6.58. The fourth-order valence-corrected chi connectivity index (χ4v) is 6.74. The maximum atomic E-state index is 5.36. The molecule has 0 saturated heterocycles. The molecule has 0 unspecified atom stereocenters. The second kappa shape index (κ2) is 29.7. The minimum absolute atomic E-state index is 0.559. The molecule has 6 aromatic rings. The van der Waals surface area contributed by atoms with Gasteiger partial charge in [0.05, 0.1) is 39.6 Å². The van der Waals surface area contributed by atoms with Crippen LogP contribution >= 0.6 is 0 Å². The van der Waals surface area contributed by atoms with Gasteiger partial charge in [0, 0.05) is 76.2 Å². The van der Waals surface area contributed by atoms with Gasteiger partial charge in [0.1, 0.15) is 11.5 Å². The molecule has 0 aliphatic heterocycles. The molecule has 0 radical (unpaired) electrons. The van der Waals surface area contributed by atoms with Crippen LogP contribution in [0.5, 0.6) is 23.0 Å². The van der Waals surface area contributed by atoms with Crippen molar-refractivity contribution in [3.8, 4) is 23.0 Å². The zero-order chi connectivity index (χ0) is 47.6. The minimum atomic E-state index is 0.559. The summed E-state index contributed by atoms with van der Waals surface area (Å²) in [6.45, 7) is 26.0.